The zero-order valence-corrected chi connectivity index (χ0v) is 11.2. The molecule has 3 nitrogen and oxygen atoms in total. The summed E-state index contributed by atoms with van der Waals surface area (Å²) in [5.74, 6) is -0.114. The number of nitrogens with zero attached hydrogens (tertiary/aromatic N) is 2. The predicted molar refractivity (Wildman–Crippen MR) is 75.0 cm³/mol. The standard InChI is InChI=1S/C14H8Cl2N2O/c1-17-11-4-2-3-9(7-11)12(19)8-10-5-6-13(15)18-14(10)16/h2-7H,8H2. The Morgan fingerprint density at radius 1 is 1.26 bits per heavy atom. The summed E-state index contributed by atoms with van der Waals surface area (Å²) >= 11 is 11.6. The van der Waals surface area contributed by atoms with E-state index in [0.29, 0.717) is 16.8 Å². The van der Waals surface area contributed by atoms with Gasteiger partial charge in [0, 0.05) is 12.0 Å². The average molecular weight is 291 g/mol. The van der Waals surface area contributed by atoms with Crippen molar-refractivity contribution in [2.75, 3.05) is 0 Å². The quantitative estimate of drug-likeness (QED) is 0.478. The molecule has 0 saturated carbocycles. The molecule has 0 radical (unpaired) electrons. The van der Waals surface area contributed by atoms with E-state index in [4.69, 9.17) is 29.8 Å². The van der Waals surface area contributed by atoms with Crippen molar-refractivity contribution < 1.29 is 4.79 Å². The third kappa shape index (κ3) is 3.31. The largest absolute Gasteiger partial charge is 0.294 e. The smallest absolute Gasteiger partial charge is 0.187 e. The number of Topliss-reactive ketones (excluding diaryl/α,β-unsaturated/α-hetero) is 1. The van der Waals surface area contributed by atoms with E-state index in [1.54, 1.807) is 36.4 Å². The lowest BCUT2D eigenvalue weighted by Crippen LogP contribution is -2.04. The highest BCUT2D eigenvalue weighted by molar-refractivity contribution is 6.33. The SMILES string of the molecule is [C-]#[N+]c1cccc(C(=O)Cc2ccc(Cl)nc2Cl)c1. The molecule has 0 aliphatic heterocycles. The number of benzene rings is 1. The van der Waals surface area contributed by atoms with Gasteiger partial charge in [-0.15, -0.1) is 0 Å². The number of halogens is 2. The molecule has 0 atom stereocenters. The number of hydrogen-bond donors (Lipinski definition) is 0. The highest BCUT2D eigenvalue weighted by Gasteiger charge is 2.11. The molecule has 0 N–H and O–H groups in total. The van der Waals surface area contributed by atoms with Crippen LogP contribution in [-0.4, -0.2) is 10.8 Å². The maximum absolute atomic E-state index is 12.1. The van der Waals surface area contributed by atoms with E-state index in [2.05, 4.69) is 9.83 Å². The molecule has 0 aliphatic rings. The Hall–Kier alpha value is -1.89. The van der Waals surface area contributed by atoms with Crippen LogP contribution in [0.5, 0.6) is 0 Å². The second-order valence-corrected chi connectivity index (χ2v) is 4.59. The number of carbonyl (C=O) groups is 1. The molecular weight excluding hydrogens is 283 g/mol. The van der Waals surface area contributed by atoms with Gasteiger partial charge in [0.1, 0.15) is 10.3 Å². The summed E-state index contributed by atoms with van der Waals surface area (Å²) < 4.78 is 0. The predicted octanol–water partition coefficient (Wildman–Crippen LogP) is 4.36. The first-order valence-electron chi connectivity index (χ1n) is 5.42. The fourth-order valence-corrected chi connectivity index (χ4v) is 2.01. The van der Waals surface area contributed by atoms with Crippen LogP contribution >= 0.6 is 23.2 Å². The highest BCUT2D eigenvalue weighted by atomic mass is 35.5. The van der Waals surface area contributed by atoms with Crippen molar-refractivity contribution in [1.82, 2.24) is 4.98 Å². The topological polar surface area (TPSA) is 34.3 Å². The lowest BCUT2D eigenvalue weighted by Gasteiger charge is -2.04. The van der Waals surface area contributed by atoms with Crippen LogP contribution in [0.25, 0.3) is 4.85 Å². The van der Waals surface area contributed by atoms with Crippen LogP contribution in [0.3, 0.4) is 0 Å². The number of aromatic nitrogens is 1. The monoisotopic (exact) mass is 290 g/mol. The normalized spacial score (nSPS) is 9.95. The number of hydrogen-bond acceptors (Lipinski definition) is 2. The van der Waals surface area contributed by atoms with Gasteiger partial charge in [0.15, 0.2) is 11.5 Å². The number of pyridine rings is 1. The van der Waals surface area contributed by atoms with Crippen LogP contribution in [0.4, 0.5) is 5.69 Å². The average Bonchev–Trinajstić information content (AvgIpc) is 2.42. The van der Waals surface area contributed by atoms with Crippen molar-refractivity contribution in [1.29, 1.82) is 0 Å². The molecule has 0 aliphatic carbocycles. The number of rotatable bonds is 3. The minimum absolute atomic E-state index is 0.114. The molecule has 0 saturated heterocycles. The molecular formula is C14H8Cl2N2O. The highest BCUT2D eigenvalue weighted by Crippen LogP contribution is 2.20. The van der Waals surface area contributed by atoms with Gasteiger partial charge in [-0.2, -0.15) is 0 Å². The molecule has 0 amide bonds. The molecule has 0 fully saturated rings. The molecule has 1 aromatic heterocycles. The maximum atomic E-state index is 12.1. The zero-order chi connectivity index (χ0) is 13.8. The van der Waals surface area contributed by atoms with E-state index in [0.717, 1.165) is 0 Å². The van der Waals surface area contributed by atoms with Crippen LogP contribution in [-0.2, 0) is 6.42 Å². The van der Waals surface area contributed by atoms with Crippen LogP contribution in [0.15, 0.2) is 36.4 Å². The number of carbonyl (C=O) groups excluding carboxylic acids is 1. The summed E-state index contributed by atoms with van der Waals surface area (Å²) in [6, 6.07) is 9.84. The Labute approximate surface area is 120 Å². The fourth-order valence-electron chi connectivity index (χ4n) is 1.60. The van der Waals surface area contributed by atoms with Crippen LogP contribution < -0.4 is 0 Å². The first-order valence-corrected chi connectivity index (χ1v) is 6.17. The maximum Gasteiger partial charge on any atom is 0.187 e. The van der Waals surface area contributed by atoms with Crippen molar-refractivity contribution in [2.45, 2.75) is 6.42 Å². The summed E-state index contributed by atoms with van der Waals surface area (Å²) in [7, 11) is 0. The van der Waals surface area contributed by atoms with E-state index >= 15 is 0 Å². The van der Waals surface area contributed by atoms with Gasteiger partial charge in [0.2, 0.25) is 0 Å². The third-order valence-corrected chi connectivity index (χ3v) is 3.08. The van der Waals surface area contributed by atoms with E-state index in [-0.39, 0.29) is 22.5 Å². The van der Waals surface area contributed by atoms with Crippen molar-refractivity contribution in [3.8, 4) is 0 Å². The Morgan fingerprint density at radius 3 is 2.74 bits per heavy atom. The fraction of sp³-hybridized carbons (Fsp3) is 0.0714. The Kier molecular flexibility index (Phi) is 4.16. The van der Waals surface area contributed by atoms with Gasteiger partial charge in [-0.05, 0) is 17.7 Å². The molecule has 19 heavy (non-hydrogen) atoms. The van der Waals surface area contributed by atoms with E-state index < -0.39 is 0 Å². The number of ketones is 1. The summed E-state index contributed by atoms with van der Waals surface area (Å²) in [6.07, 6.45) is 0.129. The van der Waals surface area contributed by atoms with Crippen molar-refractivity contribution in [3.63, 3.8) is 0 Å². The van der Waals surface area contributed by atoms with Crippen molar-refractivity contribution >= 4 is 34.7 Å². The molecule has 1 heterocycles. The minimum Gasteiger partial charge on any atom is -0.294 e. The van der Waals surface area contributed by atoms with E-state index in [9.17, 15) is 4.79 Å². The van der Waals surface area contributed by atoms with E-state index in [1.807, 2.05) is 0 Å². The van der Waals surface area contributed by atoms with E-state index in [1.165, 1.54) is 0 Å². The van der Waals surface area contributed by atoms with Crippen molar-refractivity contribution in [3.05, 3.63) is 69.2 Å². The van der Waals surface area contributed by atoms with Crippen LogP contribution in [0, 0.1) is 6.57 Å². The van der Waals surface area contributed by atoms with Gasteiger partial charge in [-0.3, -0.25) is 4.79 Å². The molecule has 2 aromatic rings. The molecule has 5 heteroatoms. The molecule has 94 valence electrons. The van der Waals surface area contributed by atoms with Crippen LogP contribution in [0.2, 0.25) is 10.3 Å². The van der Waals surface area contributed by atoms with Gasteiger partial charge in [0.25, 0.3) is 0 Å². The lowest BCUT2D eigenvalue weighted by molar-refractivity contribution is 0.0993. The Bertz CT molecular complexity index is 677. The van der Waals surface area contributed by atoms with Gasteiger partial charge < -0.3 is 0 Å². The van der Waals surface area contributed by atoms with Gasteiger partial charge >= 0.3 is 0 Å². The summed E-state index contributed by atoms with van der Waals surface area (Å²) in [6.45, 7) is 6.93. The lowest BCUT2D eigenvalue weighted by atomic mass is 10.0. The molecule has 1 aromatic carbocycles. The first kappa shape index (κ1) is 13.5. The van der Waals surface area contributed by atoms with Crippen LogP contribution in [0.1, 0.15) is 15.9 Å². The summed E-state index contributed by atoms with van der Waals surface area (Å²) in [4.78, 5) is 19.3. The summed E-state index contributed by atoms with van der Waals surface area (Å²) in [5, 5.41) is 0.512. The third-order valence-electron chi connectivity index (χ3n) is 2.54. The minimum atomic E-state index is -0.114. The second kappa shape index (κ2) is 5.83. The molecule has 0 spiro atoms. The van der Waals surface area contributed by atoms with Crippen molar-refractivity contribution in [2.24, 2.45) is 0 Å². The van der Waals surface area contributed by atoms with Gasteiger partial charge in [-0.25, -0.2) is 9.83 Å². The molecule has 2 rings (SSSR count). The Morgan fingerprint density at radius 2 is 2.05 bits per heavy atom. The zero-order valence-electron chi connectivity index (χ0n) is 9.73. The molecule has 0 bridgehead atoms. The molecule has 0 unspecified atom stereocenters. The van der Waals surface area contributed by atoms with Gasteiger partial charge in [0.05, 0.1) is 6.57 Å². The Balaban J connectivity index is 2.23. The van der Waals surface area contributed by atoms with Gasteiger partial charge in [-0.1, -0.05) is 47.5 Å². The second-order valence-electron chi connectivity index (χ2n) is 3.85. The summed E-state index contributed by atoms with van der Waals surface area (Å²) in [5.41, 5.74) is 1.54. The first-order chi connectivity index (χ1) is 9.10.